The zero-order valence-corrected chi connectivity index (χ0v) is 18.9. The van der Waals surface area contributed by atoms with E-state index in [0.717, 1.165) is 24.2 Å². The SMILES string of the molecule is CCCCCCCCOc1ccc(C2CCC(CCCCCCC)CC2)cc1. The lowest BCUT2D eigenvalue weighted by Crippen LogP contribution is -2.13. The first-order chi connectivity index (χ1) is 13.8. The molecule has 1 aromatic rings. The van der Waals surface area contributed by atoms with Gasteiger partial charge in [-0.25, -0.2) is 0 Å². The van der Waals surface area contributed by atoms with Crippen LogP contribution in [-0.4, -0.2) is 6.61 Å². The maximum absolute atomic E-state index is 5.94. The summed E-state index contributed by atoms with van der Waals surface area (Å²) in [6, 6.07) is 9.05. The van der Waals surface area contributed by atoms with Crippen LogP contribution in [0.3, 0.4) is 0 Å². The van der Waals surface area contributed by atoms with Crippen molar-refractivity contribution in [3.05, 3.63) is 29.8 Å². The van der Waals surface area contributed by atoms with Crippen molar-refractivity contribution in [2.75, 3.05) is 6.61 Å². The van der Waals surface area contributed by atoms with Crippen LogP contribution in [0.4, 0.5) is 0 Å². The van der Waals surface area contributed by atoms with Crippen LogP contribution in [0, 0.1) is 5.92 Å². The quantitative estimate of drug-likeness (QED) is 0.273. The molecule has 0 aromatic heterocycles. The Morgan fingerprint density at radius 2 is 1.25 bits per heavy atom. The number of hydrogen-bond acceptors (Lipinski definition) is 1. The summed E-state index contributed by atoms with van der Waals surface area (Å²) in [6.45, 7) is 5.44. The molecule has 160 valence electrons. The van der Waals surface area contributed by atoms with Gasteiger partial charge < -0.3 is 4.74 Å². The lowest BCUT2D eigenvalue weighted by atomic mass is 9.77. The molecule has 1 aromatic carbocycles. The molecule has 0 aliphatic heterocycles. The molecule has 0 unspecified atom stereocenters. The van der Waals surface area contributed by atoms with Gasteiger partial charge in [0.25, 0.3) is 0 Å². The first-order valence-corrected chi connectivity index (χ1v) is 12.6. The second-order valence-electron chi connectivity index (χ2n) is 9.11. The number of benzene rings is 1. The molecule has 0 radical (unpaired) electrons. The van der Waals surface area contributed by atoms with Gasteiger partial charge in [-0.3, -0.25) is 0 Å². The van der Waals surface area contributed by atoms with E-state index in [1.165, 1.54) is 108 Å². The Bertz CT molecular complexity index is 470. The molecular formula is C27H46O. The standard InChI is InChI=1S/C27H46O/c1-3-5-7-9-11-13-23-28-27-21-19-26(20-22-27)25-17-15-24(16-18-25)14-12-10-8-6-4-2/h19-22,24-25H,3-18,23H2,1-2H3. The minimum atomic E-state index is 0.781. The molecule has 0 atom stereocenters. The zero-order valence-electron chi connectivity index (χ0n) is 18.9. The van der Waals surface area contributed by atoms with Crippen LogP contribution in [0.2, 0.25) is 0 Å². The van der Waals surface area contributed by atoms with Crippen LogP contribution in [0.15, 0.2) is 24.3 Å². The van der Waals surface area contributed by atoms with Gasteiger partial charge in [0.1, 0.15) is 5.75 Å². The molecule has 1 fully saturated rings. The molecule has 0 saturated heterocycles. The van der Waals surface area contributed by atoms with Crippen LogP contribution in [0.25, 0.3) is 0 Å². The van der Waals surface area contributed by atoms with E-state index in [1.807, 2.05) is 0 Å². The minimum Gasteiger partial charge on any atom is -0.494 e. The Morgan fingerprint density at radius 1 is 0.679 bits per heavy atom. The molecule has 28 heavy (non-hydrogen) atoms. The van der Waals surface area contributed by atoms with E-state index in [2.05, 4.69) is 38.1 Å². The minimum absolute atomic E-state index is 0.781. The first-order valence-electron chi connectivity index (χ1n) is 12.6. The summed E-state index contributed by atoms with van der Waals surface area (Å²) in [4.78, 5) is 0. The number of rotatable bonds is 15. The van der Waals surface area contributed by atoms with Gasteiger partial charge in [-0.2, -0.15) is 0 Å². The van der Waals surface area contributed by atoms with E-state index in [-0.39, 0.29) is 0 Å². The van der Waals surface area contributed by atoms with E-state index in [4.69, 9.17) is 4.74 Å². The second-order valence-corrected chi connectivity index (χ2v) is 9.11. The van der Waals surface area contributed by atoms with Crippen LogP contribution in [0.5, 0.6) is 5.75 Å². The van der Waals surface area contributed by atoms with E-state index in [0.29, 0.717) is 0 Å². The molecule has 1 nitrogen and oxygen atoms in total. The third-order valence-corrected chi connectivity index (χ3v) is 6.68. The van der Waals surface area contributed by atoms with E-state index >= 15 is 0 Å². The molecule has 0 amide bonds. The highest BCUT2D eigenvalue weighted by molar-refractivity contribution is 5.29. The summed E-state index contributed by atoms with van der Waals surface area (Å²) in [7, 11) is 0. The second kappa shape index (κ2) is 14.9. The van der Waals surface area contributed by atoms with Crippen LogP contribution in [0.1, 0.15) is 128 Å². The molecule has 2 rings (SSSR count). The lowest BCUT2D eigenvalue weighted by molar-refractivity contribution is 0.299. The molecule has 0 bridgehead atoms. The van der Waals surface area contributed by atoms with Gasteiger partial charge >= 0.3 is 0 Å². The third-order valence-electron chi connectivity index (χ3n) is 6.68. The predicted molar refractivity (Wildman–Crippen MR) is 123 cm³/mol. The Labute approximate surface area is 175 Å². The highest BCUT2D eigenvalue weighted by Crippen LogP contribution is 2.38. The number of ether oxygens (including phenoxy) is 1. The van der Waals surface area contributed by atoms with Crippen molar-refractivity contribution in [1.82, 2.24) is 0 Å². The molecule has 1 saturated carbocycles. The molecule has 0 spiro atoms. The van der Waals surface area contributed by atoms with Gasteiger partial charge in [-0.05, 0) is 61.6 Å². The molecule has 1 aliphatic carbocycles. The molecule has 1 heteroatoms. The van der Waals surface area contributed by atoms with Crippen molar-refractivity contribution in [2.24, 2.45) is 5.92 Å². The van der Waals surface area contributed by atoms with E-state index in [1.54, 1.807) is 0 Å². The summed E-state index contributed by atoms with van der Waals surface area (Å²) in [5, 5.41) is 0. The Kier molecular flexibility index (Phi) is 12.4. The van der Waals surface area contributed by atoms with Gasteiger partial charge in [-0.15, -0.1) is 0 Å². The van der Waals surface area contributed by atoms with Crippen LogP contribution < -0.4 is 4.74 Å². The third kappa shape index (κ3) is 9.48. The first kappa shape index (κ1) is 23.3. The monoisotopic (exact) mass is 386 g/mol. The molecule has 1 aliphatic rings. The van der Waals surface area contributed by atoms with Crippen molar-refractivity contribution >= 4 is 0 Å². The van der Waals surface area contributed by atoms with E-state index < -0.39 is 0 Å². The Hall–Kier alpha value is -0.980. The summed E-state index contributed by atoms with van der Waals surface area (Å²) in [5.41, 5.74) is 1.54. The maximum Gasteiger partial charge on any atom is 0.119 e. The normalized spacial score (nSPS) is 19.6. The largest absolute Gasteiger partial charge is 0.494 e. The fraction of sp³-hybridized carbons (Fsp3) is 0.778. The van der Waals surface area contributed by atoms with E-state index in [9.17, 15) is 0 Å². The molecular weight excluding hydrogens is 340 g/mol. The van der Waals surface area contributed by atoms with Crippen molar-refractivity contribution in [3.8, 4) is 5.75 Å². The van der Waals surface area contributed by atoms with Gasteiger partial charge in [-0.1, -0.05) is 96.6 Å². The Morgan fingerprint density at radius 3 is 1.89 bits per heavy atom. The number of unbranched alkanes of at least 4 members (excludes halogenated alkanes) is 9. The number of hydrogen-bond donors (Lipinski definition) is 0. The molecule has 0 N–H and O–H groups in total. The maximum atomic E-state index is 5.94. The topological polar surface area (TPSA) is 9.23 Å². The van der Waals surface area contributed by atoms with Gasteiger partial charge in [0.2, 0.25) is 0 Å². The van der Waals surface area contributed by atoms with Crippen LogP contribution >= 0.6 is 0 Å². The summed E-state index contributed by atoms with van der Waals surface area (Å²) < 4.78 is 5.94. The average molecular weight is 387 g/mol. The fourth-order valence-corrected chi connectivity index (χ4v) is 4.73. The van der Waals surface area contributed by atoms with Crippen molar-refractivity contribution in [1.29, 1.82) is 0 Å². The van der Waals surface area contributed by atoms with Gasteiger partial charge in [0.05, 0.1) is 6.61 Å². The highest BCUT2D eigenvalue weighted by Gasteiger charge is 2.22. The molecule has 0 heterocycles. The van der Waals surface area contributed by atoms with Gasteiger partial charge in [0.15, 0.2) is 0 Å². The van der Waals surface area contributed by atoms with Crippen LogP contribution in [-0.2, 0) is 0 Å². The average Bonchev–Trinajstić information content (AvgIpc) is 2.74. The predicted octanol–water partition coefficient (Wildman–Crippen LogP) is 9.06. The van der Waals surface area contributed by atoms with Crippen molar-refractivity contribution in [3.63, 3.8) is 0 Å². The fourth-order valence-electron chi connectivity index (χ4n) is 4.73. The summed E-state index contributed by atoms with van der Waals surface area (Å²) in [6.07, 6.45) is 22.2. The van der Waals surface area contributed by atoms with Gasteiger partial charge in [0, 0.05) is 0 Å². The van der Waals surface area contributed by atoms with Crippen molar-refractivity contribution in [2.45, 2.75) is 122 Å². The van der Waals surface area contributed by atoms with Crippen molar-refractivity contribution < 1.29 is 4.74 Å². The zero-order chi connectivity index (χ0) is 19.9. The smallest absolute Gasteiger partial charge is 0.119 e. The lowest BCUT2D eigenvalue weighted by Gasteiger charge is -2.29. The Balaban J connectivity index is 1.58. The summed E-state index contributed by atoms with van der Waals surface area (Å²) >= 11 is 0. The highest BCUT2D eigenvalue weighted by atomic mass is 16.5. The summed E-state index contributed by atoms with van der Waals surface area (Å²) in [5.74, 6) is 2.83.